The third-order valence-electron chi connectivity index (χ3n) is 5.93. The summed E-state index contributed by atoms with van der Waals surface area (Å²) in [5.74, 6) is -2.04. The number of rotatable bonds is 7. The van der Waals surface area contributed by atoms with Crippen molar-refractivity contribution < 1.29 is 19.5 Å². The molecule has 0 bridgehead atoms. The van der Waals surface area contributed by atoms with Crippen molar-refractivity contribution in [3.05, 3.63) is 123 Å². The molecule has 0 fully saturated rings. The van der Waals surface area contributed by atoms with Crippen LogP contribution >= 0.6 is 23.2 Å². The van der Waals surface area contributed by atoms with Gasteiger partial charge >= 0.3 is 5.97 Å². The van der Waals surface area contributed by atoms with Crippen molar-refractivity contribution in [2.75, 3.05) is 0 Å². The van der Waals surface area contributed by atoms with Crippen molar-refractivity contribution in [1.29, 1.82) is 0 Å². The Bertz CT molecular complexity index is 1460. The highest BCUT2D eigenvalue weighted by atomic mass is 35.5. The van der Waals surface area contributed by atoms with Crippen LogP contribution in [0, 0.1) is 12.7 Å². The average molecular weight is 523 g/mol. The van der Waals surface area contributed by atoms with Crippen LogP contribution in [0.15, 0.2) is 84.1 Å². The Morgan fingerprint density at radius 2 is 1.72 bits per heavy atom. The minimum Gasteiger partial charge on any atom is -0.478 e. The van der Waals surface area contributed by atoms with Crippen LogP contribution in [0.2, 0.25) is 10.0 Å². The summed E-state index contributed by atoms with van der Waals surface area (Å²) in [5, 5.41) is 23.0. The van der Waals surface area contributed by atoms with Crippen LogP contribution < -0.4 is 0 Å². The molecule has 0 radical (unpaired) electrons. The number of nitrogens with zero attached hydrogens (tertiary/aromatic N) is 2. The number of pyridine rings is 1. The monoisotopic (exact) mass is 522 g/mol. The lowest BCUT2D eigenvalue weighted by Crippen LogP contribution is -2.12. The van der Waals surface area contributed by atoms with Crippen molar-refractivity contribution in [3.8, 4) is 11.1 Å². The van der Waals surface area contributed by atoms with Gasteiger partial charge < -0.3 is 10.3 Å². The SMILES string of the molecule is Cc1cc(/C(CC(c2ccc(-c3ccc(C(=O)O)c(Cl)c3)cc2)c2ccc(Cl)cc2F)=N/O)ccn1. The maximum atomic E-state index is 15.0. The van der Waals surface area contributed by atoms with Crippen molar-refractivity contribution in [1.82, 2.24) is 4.98 Å². The number of oxime groups is 1. The minimum absolute atomic E-state index is 0.0254. The van der Waals surface area contributed by atoms with Gasteiger partial charge in [-0.1, -0.05) is 64.8 Å². The second-order valence-corrected chi connectivity index (χ2v) is 9.12. The molecule has 0 saturated heterocycles. The molecule has 1 unspecified atom stereocenters. The summed E-state index contributed by atoms with van der Waals surface area (Å²) in [4.78, 5) is 15.4. The molecule has 182 valence electrons. The van der Waals surface area contributed by atoms with Crippen LogP contribution in [0.25, 0.3) is 11.1 Å². The maximum absolute atomic E-state index is 15.0. The first-order valence-electron chi connectivity index (χ1n) is 11.0. The zero-order chi connectivity index (χ0) is 25.8. The average Bonchev–Trinajstić information content (AvgIpc) is 2.85. The second-order valence-electron chi connectivity index (χ2n) is 8.28. The van der Waals surface area contributed by atoms with Crippen LogP contribution in [0.1, 0.15) is 45.1 Å². The molecule has 0 aliphatic heterocycles. The second kappa shape index (κ2) is 10.9. The molecule has 1 aromatic heterocycles. The number of carbonyl (C=O) groups is 1. The lowest BCUT2D eigenvalue weighted by Gasteiger charge is -2.20. The summed E-state index contributed by atoms with van der Waals surface area (Å²) in [5.41, 5.74) is 4.63. The van der Waals surface area contributed by atoms with Crippen LogP contribution in [0.3, 0.4) is 0 Å². The molecule has 4 aromatic rings. The minimum atomic E-state index is -1.10. The fourth-order valence-corrected chi connectivity index (χ4v) is 4.52. The number of hydrogen-bond donors (Lipinski definition) is 2. The van der Waals surface area contributed by atoms with E-state index in [1.54, 1.807) is 42.6 Å². The number of carboxylic acid groups (broad SMARTS) is 1. The predicted molar refractivity (Wildman–Crippen MR) is 139 cm³/mol. The quantitative estimate of drug-likeness (QED) is 0.148. The molecule has 3 aromatic carbocycles. The number of carboxylic acids is 1. The van der Waals surface area contributed by atoms with E-state index in [0.29, 0.717) is 16.8 Å². The Balaban J connectivity index is 1.73. The summed E-state index contributed by atoms with van der Waals surface area (Å²) in [6.07, 6.45) is 1.85. The van der Waals surface area contributed by atoms with Crippen LogP contribution in [-0.2, 0) is 0 Å². The number of aromatic carboxylic acids is 1. The van der Waals surface area contributed by atoms with Gasteiger partial charge in [0.1, 0.15) is 5.82 Å². The Kier molecular flexibility index (Phi) is 7.67. The van der Waals surface area contributed by atoms with Crippen molar-refractivity contribution in [3.63, 3.8) is 0 Å². The normalized spacial score (nSPS) is 12.4. The van der Waals surface area contributed by atoms with Gasteiger partial charge in [-0.25, -0.2) is 9.18 Å². The molecule has 1 atom stereocenters. The van der Waals surface area contributed by atoms with Gasteiger partial charge in [0.15, 0.2) is 0 Å². The summed E-state index contributed by atoms with van der Waals surface area (Å²) in [7, 11) is 0. The number of halogens is 3. The van der Waals surface area contributed by atoms with E-state index in [1.807, 2.05) is 31.2 Å². The summed E-state index contributed by atoms with van der Waals surface area (Å²) in [6, 6.07) is 20.2. The van der Waals surface area contributed by atoms with E-state index < -0.39 is 17.7 Å². The first kappa shape index (κ1) is 25.4. The number of aryl methyl sites for hydroxylation is 1. The van der Waals surface area contributed by atoms with Crippen LogP contribution in [0.5, 0.6) is 0 Å². The van der Waals surface area contributed by atoms with Gasteiger partial charge in [0.05, 0.1) is 16.3 Å². The predicted octanol–water partition coefficient (Wildman–Crippen LogP) is 7.60. The molecule has 0 saturated carbocycles. The maximum Gasteiger partial charge on any atom is 0.337 e. The molecule has 4 rings (SSSR count). The van der Waals surface area contributed by atoms with E-state index in [-0.39, 0.29) is 22.0 Å². The van der Waals surface area contributed by atoms with Gasteiger partial charge in [-0.2, -0.15) is 0 Å². The summed E-state index contributed by atoms with van der Waals surface area (Å²) in [6.45, 7) is 1.84. The topological polar surface area (TPSA) is 82.8 Å². The number of hydrogen-bond acceptors (Lipinski definition) is 4. The molecular formula is C28H21Cl2FN2O3. The van der Waals surface area contributed by atoms with Gasteiger partial charge in [-0.05, 0) is 65.6 Å². The van der Waals surface area contributed by atoms with E-state index in [9.17, 15) is 15.1 Å². The van der Waals surface area contributed by atoms with Crippen LogP contribution in [-0.4, -0.2) is 27.0 Å². The van der Waals surface area contributed by atoms with Crippen molar-refractivity contribution in [2.24, 2.45) is 5.16 Å². The van der Waals surface area contributed by atoms with E-state index >= 15 is 4.39 Å². The van der Waals surface area contributed by atoms with E-state index in [2.05, 4.69) is 10.1 Å². The van der Waals surface area contributed by atoms with Gasteiger partial charge in [0.2, 0.25) is 0 Å². The first-order valence-corrected chi connectivity index (χ1v) is 11.7. The summed E-state index contributed by atoms with van der Waals surface area (Å²) < 4.78 is 15.0. The van der Waals surface area contributed by atoms with Gasteiger partial charge in [0.25, 0.3) is 0 Å². The Morgan fingerprint density at radius 3 is 2.33 bits per heavy atom. The van der Waals surface area contributed by atoms with Crippen LogP contribution in [0.4, 0.5) is 4.39 Å². The fraction of sp³-hybridized carbons (Fsp3) is 0.107. The molecule has 5 nitrogen and oxygen atoms in total. The molecule has 2 N–H and O–H groups in total. The molecule has 0 aliphatic rings. The molecule has 0 aliphatic carbocycles. The molecule has 0 spiro atoms. The lowest BCUT2D eigenvalue weighted by atomic mass is 9.84. The highest BCUT2D eigenvalue weighted by Gasteiger charge is 2.22. The Morgan fingerprint density at radius 1 is 1.00 bits per heavy atom. The zero-order valence-electron chi connectivity index (χ0n) is 19.1. The van der Waals surface area contributed by atoms with Crippen molar-refractivity contribution >= 4 is 34.9 Å². The molecule has 1 heterocycles. The first-order chi connectivity index (χ1) is 17.3. The highest BCUT2D eigenvalue weighted by molar-refractivity contribution is 6.33. The molecular weight excluding hydrogens is 502 g/mol. The fourth-order valence-electron chi connectivity index (χ4n) is 4.10. The smallest absolute Gasteiger partial charge is 0.337 e. The lowest BCUT2D eigenvalue weighted by molar-refractivity contribution is 0.0697. The number of aromatic nitrogens is 1. The van der Waals surface area contributed by atoms with E-state index in [1.165, 1.54) is 12.1 Å². The Labute approximate surface area is 217 Å². The van der Waals surface area contributed by atoms with E-state index in [0.717, 1.165) is 22.4 Å². The summed E-state index contributed by atoms with van der Waals surface area (Å²) >= 11 is 12.1. The number of benzene rings is 3. The third-order valence-corrected chi connectivity index (χ3v) is 6.48. The third kappa shape index (κ3) is 5.56. The standard InChI is InChI=1S/C28H21Cl2FN2O3/c1-16-12-20(10-11-32-16)27(33-36)15-24(22-9-7-21(29)14-26(22)31)18-4-2-17(3-5-18)19-6-8-23(28(34)35)25(30)13-19/h2-14,24,36H,15H2,1H3,(H,34,35)/b33-27+. The van der Waals surface area contributed by atoms with Gasteiger partial charge in [-0.15, -0.1) is 0 Å². The van der Waals surface area contributed by atoms with Gasteiger partial charge in [0, 0.05) is 34.8 Å². The highest BCUT2D eigenvalue weighted by Crippen LogP contribution is 2.34. The molecule has 8 heteroatoms. The molecule has 0 amide bonds. The zero-order valence-corrected chi connectivity index (χ0v) is 20.6. The van der Waals surface area contributed by atoms with E-state index in [4.69, 9.17) is 23.2 Å². The van der Waals surface area contributed by atoms with Gasteiger partial charge in [-0.3, -0.25) is 4.98 Å². The molecule has 36 heavy (non-hydrogen) atoms. The largest absolute Gasteiger partial charge is 0.478 e. The van der Waals surface area contributed by atoms with Crippen molar-refractivity contribution in [2.45, 2.75) is 19.3 Å². The Hall–Kier alpha value is -3.74.